The number of ketones is 1. The molecule has 0 aromatic heterocycles. The number of carbonyl (C=O) groups excluding carboxylic acids is 1. The molecule has 3 aromatic carbocycles. The van der Waals surface area contributed by atoms with E-state index in [0.717, 1.165) is 5.56 Å². The largest absolute Gasteiger partial charge is 0.489 e. The van der Waals surface area contributed by atoms with Gasteiger partial charge >= 0.3 is 0 Å². The van der Waals surface area contributed by atoms with E-state index in [9.17, 15) is 4.79 Å². The predicted molar refractivity (Wildman–Crippen MR) is 112 cm³/mol. The summed E-state index contributed by atoms with van der Waals surface area (Å²) >= 11 is 18.1. The highest BCUT2D eigenvalue weighted by Crippen LogP contribution is 2.36. The first kappa shape index (κ1) is 18.9. The number of halogens is 3. The molecular formula is C22H13Cl3O3. The molecular weight excluding hydrogens is 419 g/mol. The van der Waals surface area contributed by atoms with Crippen molar-refractivity contribution in [1.82, 2.24) is 0 Å². The summed E-state index contributed by atoms with van der Waals surface area (Å²) in [6.07, 6.45) is 1.60. The Morgan fingerprint density at radius 3 is 2.54 bits per heavy atom. The van der Waals surface area contributed by atoms with Gasteiger partial charge in [0, 0.05) is 21.1 Å². The predicted octanol–water partition coefficient (Wildman–Crippen LogP) is 6.84. The third-order valence-corrected chi connectivity index (χ3v) is 4.98. The molecule has 0 fully saturated rings. The average Bonchev–Trinajstić information content (AvgIpc) is 2.97. The van der Waals surface area contributed by atoms with E-state index in [1.807, 2.05) is 18.2 Å². The number of fused-ring (bicyclic) bond motifs is 1. The van der Waals surface area contributed by atoms with Crippen LogP contribution in [0.3, 0.4) is 0 Å². The van der Waals surface area contributed by atoms with Gasteiger partial charge in [-0.2, -0.15) is 0 Å². The fraction of sp³-hybridized carbons (Fsp3) is 0.0455. The van der Waals surface area contributed by atoms with Crippen LogP contribution in [0.5, 0.6) is 11.5 Å². The normalized spacial score (nSPS) is 14.1. The summed E-state index contributed by atoms with van der Waals surface area (Å²) in [4.78, 5) is 12.6. The molecule has 0 saturated carbocycles. The van der Waals surface area contributed by atoms with Gasteiger partial charge in [-0.25, -0.2) is 0 Å². The van der Waals surface area contributed by atoms with E-state index in [1.54, 1.807) is 48.5 Å². The molecule has 0 saturated heterocycles. The molecule has 0 unspecified atom stereocenters. The van der Waals surface area contributed by atoms with Crippen molar-refractivity contribution in [2.24, 2.45) is 0 Å². The van der Waals surface area contributed by atoms with Crippen LogP contribution in [0.2, 0.25) is 15.1 Å². The van der Waals surface area contributed by atoms with E-state index >= 15 is 0 Å². The van der Waals surface area contributed by atoms with Crippen LogP contribution in [0.1, 0.15) is 21.5 Å². The second kappa shape index (κ2) is 7.88. The first-order chi connectivity index (χ1) is 13.5. The van der Waals surface area contributed by atoms with E-state index in [2.05, 4.69) is 0 Å². The molecule has 0 radical (unpaired) electrons. The lowest BCUT2D eigenvalue weighted by Crippen LogP contribution is -1.98. The molecule has 1 aliphatic rings. The second-order valence-electron chi connectivity index (χ2n) is 6.18. The SMILES string of the molecule is O=C1/C(=C/c2ccc(Cl)cc2Cl)Oc2cc(OCc3cccc(Cl)c3)ccc21. The van der Waals surface area contributed by atoms with Crippen LogP contribution in [-0.2, 0) is 6.61 Å². The van der Waals surface area contributed by atoms with Gasteiger partial charge in [-0.3, -0.25) is 4.79 Å². The summed E-state index contributed by atoms with van der Waals surface area (Å²) < 4.78 is 11.5. The Balaban J connectivity index is 1.53. The lowest BCUT2D eigenvalue weighted by Gasteiger charge is -2.07. The molecule has 140 valence electrons. The summed E-state index contributed by atoms with van der Waals surface area (Å²) in [5, 5.41) is 1.62. The van der Waals surface area contributed by atoms with E-state index in [-0.39, 0.29) is 11.5 Å². The molecule has 0 atom stereocenters. The lowest BCUT2D eigenvalue weighted by molar-refractivity contribution is 0.101. The van der Waals surface area contributed by atoms with Gasteiger partial charge in [-0.05, 0) is 53.6 Å². The Kier molecular flexibility index (Phi) is 5.31. The summed E-state index contributed by atoms with van der Waals surface area (Å²) in [5.74, 6) is 1.04. The van der Waals surface area contributed by atoms with Crippen LogP contribution in [0.15, 0.2) is 66.4 Å². The Morgan fingerprint density at radius 1 is 0.929 bits per heavy atom. The van der Waals surface area contributed by atoms with Crippen LogP contribution in [-0.4, -0.2) is 5.78 Å². The Bertz CT molecular complexity index is 1110. The molecule has 4 rings (SSSR count). The third-order valence-electron chi connectivity index (χ3n) is 4.19. The lowest BCUT2D eigenvalue weighted by atomic mass is 10.1. The van der Waals surface area contributed by atoms with Crippen molar-refractivity contribution in [2.45, 2.75) is 6.61 Å². The van der Waals surface area contributed by atoms with E-state index in [0.29, 0.717) is 44.3 Å². The quantitative estimate of drug-likeness (QED) is 0.424. The Hall–Kier alpha value is -2.46. The van der Waals surface area contributed by atoms with Gasteiger partial charge in [-0.15, -0.1) is 0 Å². The maximum absolute atomic E-state index is 12.6. The van der Waals surface area contributed by atoms with Crippen molar-refractivity contribution in [2.75, 3.05) is 0 Å². The summed E-state index contributed by atoms with van der Waals surface area (Å²) in [6, 6.07) is 17.6. The number of hydrogen-bond acceptors (Lipinski definition) is 3. The zero-order valence-electron chi connectivity index (χ0n) is 14.4. The zero-order chi connectivity index (χ0) is 19.7. The topological polar surface area (TPSA) is 35.5 Å². The monoisotopic (exact) mass is 430 g/mol. The molecule has 0 bridgehead atoms. The zero-order valence-corrected chi connectivity index (χ0v) is 16.7. The van der Waals surface area contributed by atoms with Gasteiger partial charge in [0.1, 0.15) is 18.1 Å². The van der Waals surface area contributed by atoms with E-state index in [4.69, 9.17) is 44.3 Å². The Labute approximate surface area is 177 Å². The first-order valence-corrected chi connectivity index (χ1v) is 9.53. The van der Waals surface area contributed by atoms with Gasteiger partial charge in [0.25, 0.3) is 0 Å². The van der Waals surface area contributed by atoms with Crippen LogP contribution in [0.25, 0.3) is 6.08 Å². The fourth-order valence-corrected chi connectivity index (χ4v) is 3.49. The minimum Gasteiger partial charge on any atom is -0.489 e. The van der Waals surface area contributed by atoms with Gasteiger partial charge in [0.05, 0.1) is 5.56 Å². The molecule has 1 aliphatic heterocycles. The van der Waals surface area contributed by atoms with Crippen molar-refractivity contribution < 1.29 is 14.3 Å². The molecule has 0 spiro atoms. The third kappa shape index (κ3) is 4.02. The van der Waals surface area contributed by atoms with Crippen LogP contribution >= 0.6 is 34.8 Å². The molecule has 0 aliphatic carbocycles. The number of ether oxygens (including phenoxy) is 2. The van der Waals surface area contributed by atoms with E-state index < -0.39 is 0 Å². The van der Waals surface area contributed by atoms with Crippen molar-refractivity contribution >= 4 is 46.7 Å². The van der Waals surface area contributed by atoms with Gasteiger partial charge in [0.2, 0.25) is 5.78 Å². The Morgan fingerprint density at radius 2 is 1.75 bits per heavy atom. The number of allylic oxidation sites excluding steroid dienone is 1. The molecule has 0 amide bonds. The smallest absolute Gasteiger partial charge is 0.231 e. The van der Waals surface area contributed by atoms with Crippen LogP contribution in [0, 0.1) is 0 Å². The molecule has 0 N–H and O–H groups in total. The minimum absolute atomic E-state index is 0.200. The first-order valence-electron chi connectivity index (χ1n) is 8.40. The maximum Gasteiger partial charge on any atom is 0.231 e. The minimum atomic E-state index is -0.206. The molecule has 6 heteroatoms. The highest BCUT2D eigenvalue weighted by atomic mass is 35.5. The molecule has 28 heavy (non-hydrogen) atoms. The standard InChI is InChI=1S/C22H13Cl3O3/c23-15-3-1-2-13(8-15)12-27-17-6-7-18-20(11-17)28-21(22(18)26)9-14-4-5-16(24)10-19(14)25/h1-11H,12H2/b21-9-. The van der Waals surface area contributed by atoms with Gasteiger partial charge < -0.3 is 9.47 Å². The van der Waals surface area contributed by atoms with Crippen LogP contribution < -0.4 is 9.47 Å². The number of benzene rings is 3. The van der Waals surface area contributed by atoms with E-state index in [1.165, 1.54) is 0 Å². The number of hydrogen-bond donors (Lipinski definition) is 0. The number of rotatable bonds is 4. The highest BCUT2D eigenvalue weighted by molar-refractivity contribution is 6.35. The van der Waals surface area contributed by atoms with Crippen molar-refractivity contribution in [1.29, 1.82) is 0 Å². The van der Waals surface area contributed by atoms with Crippen molar-refractivity contribution in [3.63, 3.8) is 0 Å². The fourth-order valence-electron chi connectivity index (χ4n) is 2.81. The van der Waals surface area contributed by atoms with Crippen molar-refractivity contribution in [3.8, 4) is 11.5 Å². The highest BCUT2D eigenvalue weighted by Gasteiger charge is 2.28. The maximum atomic E-state index is 12.6. The molecule has 3 nitrogen and oxygen atoms in total. The summed E-state index contributed by atoms with van der Waals surface area (Å²) in [7, 11) is 0. The van der Waals surface area contributed by atoms with Crippen LogP contribution in [0.4, 0.5) is 0 Å². The number of Topliss-reactive ketones (excluding diaryl/α,β-unsaturated/α-hetero) is 1. The summed E-state index contributed by atoms with van der Waals surface area (Å²) in [5.41, 5.74) is 2.08. The average molecular weight is 432 g/mol. The molecule has 3 aromatic rings. The molecule has 1 heterocycles. The number of carbonyl (C=O) groups is 1. The van der Waals surface area contributed by atoms with Crippen molar-refractivity contribution in [3.05, 3.63) is 98.2 Å². The second-order valence-corrected chi connectivity index (χ2v) is 7.46. The van der Waals surface area contributed by atoms with Gasteiger partial charge in [0.15, 0.2) is 5.76 Å². The van der Waals surface area contributed by atoms with Gasteiger partial charge in [-0.1, -0.05) is 53.0 Å². The summed E-state index contributed by atoms with van der Waals surface area (Å²) in [6.45, 7) is 0.358.